The van der Waals surface area contributed by atoms with Gasteiger partial charge in [-0.25, -0.2) is 0 Å². The lowest BCUT2D eigenvalue weighted by molar-refractivity contribution is -0.149. The van der Waals surface area contributed by atoms with Crippen molar-refractivity contribution in [2.45, 2.75) is 12.2 Å². The van der Waals surface area contributed by atoms with Gasteiger partial charge in [0.05, 0.1) is 12.8 Å². The highest BCUT2D eigenvalue weighted by Crippen LogP contribution is 2.38. The fraction of sp³-hybridized carbons (Fsp3) is 0.333. The molecule has 0 saturated heterocycles. The molecule has 0 bridgehead atoms. The summed E-state index contributed by atoms with van der Waals surface area (Å²) in [5, 5.41) is -0.136. The van der Waals surface area contributed by atoms with E-state index in [-0.39, 0.29) is 22.0 Å². The minimum Gasteiger partial charge on any atom is -0.495 e. The Hall–Kier alpha value is -1.14. The Morgan fingerprint density at radius 3 is 2.38 bits per heavy atom. The molecule has 0 heterocycles. The first-order valence-corrected chi connectivity index (χ1v) is 4.60. The summed E-state index contributed by atoms with van der Waals surface area (Å²) in [6, 6.07) is 0.117. The maximum absolute atomic E-state index is 12.4. The summed E-state index contributed by atoms with van der Waals surface area (Å²) in [5.74, 6) is 0.110. The zero-order valence-electron chi connectivity index (χ0n) is 8.31. The molecule has 0 saturated carbocycles. The van der Waals surface area contributed by atoms with Crippen LogP contribution in [0.4, 0.5) is 18.9 Å². The number of nitrogens with two attached hydrogens (primary N) is 2. The van der Waals surface area contributed by atoms with Crippen molar-refractivity contribution in [2.75, 3.05) is 12.8 Å². The van der Waals surface area contributed by atoms with E-state index < -0.39 is 12.2 Å². The summed E-state index contributed by atoms with van der Waals surface area (Å²) >= 11 is 5.64. The second kappa shape index (κ2) is 4.39. The number of methoxy groups -OCH3 is 1. The molecule has 0 aliphatic carbocycles. The van der Waals surface area contributed by atoms with Gasteiger partial charge in [0.25, 0.3) is 0 Å². The third-order valence-electron chi connectivity index (χ3n) is 2.04. The Bertz CT molecular complexity index is 395. The topological polar surface area (TPSA) is 61.3 Å². The molecule has 90 valence electrons. The molecule has 0 aliphatic heterocycles. The molecule has 1 aromatic rings. The Labute approximate surface area is 95.1 Å². The van der Waals surface area contributed by atoms with Crippen LogP contribution in [0.1, 0.15) is 11.6 Å². The molecule has 4 N–H and O–H groups in total. The number of anilines is 1. The predicted molar refractivity (Wildman–Crippen MR) is 55.4 cm³/mol. The van der Waals surface area contributed by atoms with Crippen LogP contribution in [-0.2, 0) is 0 Å². The quantitative estimate of drug-likeness (QED) is 0.797. The fourth-order valence-corrected chi connectivity index (χ4v) is 1.47. The zero-order valence-corrected chi connectivity index (χ0v) is 9.06. The summed E-state index contributed by atoms with van der Waals surface area (Å²) in [5.41, 5.74) is 10.4. The second-order valence-corrected chi connectivity index (χ2v) is 3.54. The number of rotatable bonds is 2. The maximum Gasteiger partial charge on any atom is 0.407 e. The summed E-state index contributed by atoms with van der Waals surface area (Å²) in [6.07, 6.45) is -4.56. The molecule has 16 heavy (non-hydrogen) atoms. The first kappa shape index (κ1) is 12.9. The molecule has 1 aromatic carbocycles. The number of benzene rings is 1. The van der Waals surface area contributed by atoms with Crippen molar-refractivity contribution in [1.29, 1.82) is 0 Å². The monoisotopic (exact) mass is 254 g/mol. The first-order valence-electron chi connectivity index (χ1n) is 4.22. The van der Waals surface area contributed by atoms with Crippen LogP contribution in [0.3, 0.4) is 0 Å². The van der Waals surface area contributed by atoms with Crippen LogP contribution < -0.4 is 16.2 Å². The van der Waals surface area contributed by atoms with Gasteiger partial charge in [0, 0.05) is 10.6 Å². The minimum atomic E-state index is -4.56. The largest absolute Gasteiger partial charge is 0.495 e. The van der Waals surface area contributed by atoms with Gasteiger partial charge in [0.15, 0.2) is 0 Å². The molecule has 0 unspecified atom stereocenters. The smallest absolute Gasteiger partial charge is 0.407 e. The predicted octanol–water partition coefficient (Wildman–Crippen LogP) is 2.49. The minimum absolute atomic E-state index is 0.110. The SMILES string of the molecule is COc1cc([C@H](N)C(F)(F)F)c(Cl)cc1N. The summed E-state index contributed by atoms with van der Waals surface area (Å²) in [4.78, 5) is 0. The summed E-state index contributed by atoms with van der Waals surface area (Å²) in [7, 11) is 1.29. The van der Waals surface area contributed by atoms with Crippen LogP contribution in [0.15, 0.2) is 12.1 Å². The van der Waals surface area contributed by atoms with Crippen LogP contribution in [0.5, 0.6) is 5.75 Å². The molecule has 1 rings (SSSR count). The van der Waals surface area contributed by atoms with Gasteiger partial charge in [-0.15, -0.1) is 0 Å². The molecule has 7 heteroatoms. The molecule has 1 atom stereocenters. The zero-order chi connectivity index (χ0) is 12.5. The highest BCUT2D eigenvalue weighted by molar-refractivity contribution is 6.31. The lowest BCUT2D eigenvalue weighted by atomic mass is 10.1. The lowest BCUT2D eigenvalue weighted by Gasteiger charge is -2.18. The molecule has 0 fully saturated rings. The Kier molecular flexibility index (Phi) is 3.54. The number of halogens is 4. The molecule has 0 spiro atoms. The number of nitrogen functional groups attached to an aromatic ring is 1. The van der Waals surface area contributed by atoms with Crippen molar-refractivity contribution in [3.8, 4) is 5.75 Å². The third kappa shape index (κ3) is 2.51. The third-order valence-corrected chi connectivity index (χ3v) is 2.36. The molecule has 0 aliphatic rings. The number of ether oxygens (including phenoxy) is 1. The molecular weight excluding hydrogens is 245 g/mol. The van der Waals surface area contributed by atoms with Gasteiger partial charge in [-0.1, -0.05) is 11.6 Å². The lowest BCUT2D eigenvalue weighted by Crippen LogP contribution is -2.28. The first-order chi connectivity index (χ1) is 7.27. The van der Waals surface area contributed by atoms with E-state index >= 15 is 0 Å². The Morgan fingerprint density at radius 2 is 1.94 bits per heavy atom. The molecule has 0 amide bonds. The van der Waals surface area contributed by atoms with Gasteiger partial charge >= 0.3 is 6.18 Å². The standard InChI is InChI=1S/C9H10ClF3N2O/c1-16-7-2-4(5(10)3-6(7)14)8(15)9(11,12)13/h2-3,8H,14-15H2,1H3/t8-/m0/s1. The molecule has 0 aromatic heterocycles. The van der Waals surface area contributed by atoms with Crippen LogP contribution in [0.2, 0.25) is 5.02 Å². The van der Waals surface area contributed by atoms with E-state index in [1.807, 2.05) is 0 Å². The van der Waals surface area contributed by atoms with Crippen LogP contribution in [0, 0.1) is 0 Å². The van der Waals surface area contributed by atoms with Gasteiger partial charge in [-0.2, -0.15) is 13.2 Å². The van der Waals surface area contributed by atoms with Gasteiger partial charge < -0.3 is 16.2 Å². The Balaban J connectivity index is 3.24. The van der Waals surface area contributed by atoms with Gasteiger partial charge in [-0.3, -0.25) is 0 Å². The van der Waals surface area contributed by atoms with Crippen molar-refractivity contribution in [2.24, 2.45) is 5.73 Å². The number of alkyl halides is 3. The molecular formula is C9H10ClF3N2O. The highest BCUT2D eigenvalue weighted by Gasteiger charge is 2.39. The maximum atomic E-state index is 12.4. The van der Waals surface area contributed by atoms with Crippen molar-refractivity contribution in [1.82, 2.24) is 0 Å². The number of hydrogen-bond donors (Lipinski definition) is 2. The van der Waals surface area contributed by atoms with Crippen molar-refractivity contribution in [3.05, 3.63) is 22.7 Å². The van der Waals surface area contributed by atoms with E-state index in [9.17, 15) is 13.2 Å². The van der Waals surface area contributed by atoms with Crippen LogP contribution in [0.25, 0.3) is 0 Å². The van der Waals surface area contributed by atoms with Gasteiger partial charge in [-0.05, 0) is 12.1 Å². The second-order valence-electron chi connectivity index (χ2n) is 3.13. The fourth-order valence-electron chi connectivity index (χ4n) is 1.18. The summed E-state index contributed by atoms with van der Waals surface area (Å²) in [6.45, 7) is 0. The number of hydrogen-bond acceptors (Lipinski definition) is 3. The average molecular weight is 255 g/mol. The normalized spacial score (nSPS) is 13.6. The van der Waals surface area contributed by atoms with Crippen LogP contribution >= 0.6 is 11.6 Å². The van der Waals surface area contributed by atoms with E-state index in [2.05, 4.69) is 0 Å². The molecule has 0 radical (unpaired) electrons. The van der Waals surface area contributed by atoms with E-state index in [0.717, 1.165) is 6.07 Å². The van der Waals surface area contributed by atoms with E-state index in [0.29, 0.717) is 0 Å². The van der Waals surface area contributed by atoms with Gasteiger partial charge in [0.2, 0.25) is 0 Å². The van der Waals surface area contributed by atoms with E-state index in [1.54, 1.807) is 0 Å². The average Bonchev–Trinajstić information content (AvgIpc) is 2.15. The van der Waals surface area contributed by atoms with Crippen molar-refractivity contribution < 1.29 is 17.9 Å². The van der Waals surface area contributed by atoms with Gasteiger partial charge in [0.1, 0.15) is 11.8 Å². The van der Waals surface area contributed by atoms with Crippen LogP contribution in [-0.4, -0.2) is 13.3 Å². The van der Waals surface area contributed by atoms with Crippen molar-refractivity contribution in [3.63, 3.8) is 0 Å². The van der Waals surface area contributed by atoms with Crippen molar-refractivity contribution >= 4 is 17.3 Å². The molecule has 3 nitrogen and oxygen atoms in total. The highest BCUT2D eigenvalue weighted by atomic mass is 35.5. The van der Waals surface area contributed by atoms with E-state index in [1.165, 1.54) is 13.2 Å². The summed E-state index contributed by atoms with van der Waals surface area (Å²) < 4.78 is 42.0. The van der Waals surface area contributed by atoms with E-state index in [4.69, 9.17) is 27.8 Å². The Morgan fingerprint density at radius 1 is 1.38 bits per heavy atom.